The van der Waals surface area contributed by atoms with Crippen LogP contribution < -0.4 is 5.69 Å². The molecule has 0 bridgehead atoms. The summed E-state index contributed by atoms with van der Waals surface area (Å²) in [7, 11) is 0. The quantitative estimate of drug-likeness (QED) is 0.533. The number of rotatable bonds is 4. The highest BCUT2D eigenvalue weighted by Crippen LogP contribution is 2.31. The Bertz CT molecular complexity index is 814. The Balaban J connectivity index is 2.52. The molecular formula is C14H14BrF4N3OS. The van der Waals surface area contributed by atoms with Gasteiger partial charge in [0.05, 0.1) is 5.75 Å². The summed E-state index contributed by atoms with van der Waals surface area (Å²) in [5.41, 5.74) is -0.400. The zero-order chi connectivity index (χ0) is 18.2. The zero-order valence-electron chi connectivity index (χ0n) is 13.0. The van der Waals surface area contributed by atoms with E-state index < -0.39 is 23.4 Å². The molecule has 1 aromatic heterocycles. The first-order valence-electron chi connectivity index (χ1n) is 6.88. The standard InChI is InChI=1S/C14H14BrF4N3OS/c1-7(2)21-12(15)20-22(13(21)23)10-5-11(8(3)4-9(10)16)24-6-14(17,18)19/h4-5,7H,6H2,1-3H3. The first-order valence-corrected chi connectivity index (χ1v) is 8.66. The van der Waals surface area contributed by atoms with Crippen molar-refractivity contribution in [3.8, 4) is 5.69 Å². The summed E-state index contributed by atoms with van der Waals surface area (Å²) >= 11 is 3.68. The maximum atomic E-state index is 14.3. The Labute approximate surface area is 148 Å². The first-order chi connectivity index (χ1) is 11.0. The number of aromatic nitrogens is 3. The van der Waals surface area contributed by atoms with Crippen LogP contribution in [-0.2, 0) is 0 Å². The number of hydrogen-bond acceptors (Lipinski definition) is 3. The average Bonchev–Trinajstić information content (AvgIpc) is 2.72. The lowest BCUT2D eigenvalue weighted by Crippen LogP contribution is -2.25. The van der Waals surface area contributed by atoms with E-state index in [1.54, 1.807) is 13.8 Å². The summed E-state index contributed by atoms with van der Waals surface area (Å²) in [6.45, 7) is 5.03. The van der Waals surface area contributed by atoms with Crippen LogP contribution in [0, 0.1) is 12.7 Å². The van der Waals surface area contributed by atoms with Gasteiger partial charge in [0, 0.05) is 10.9 Å². The van der Waals surface area contributed by atoms with Crippen LogP contribution in [0.4, 0.5) is 17.6 Å². The molecule has 0 aliphatic heterocycles. The Morgan fingerprint density at radius 3 is 2.46 bits per heavy atom. The van der Waals surface area contributed by atoms with Gasteiger partial charge >= 0.3 is 11.9 Å². The number of thioether (sulfide) groups is 1. The summed E-state index contributed by atoms with van der Waals surface area (Å²) < 4.78 is 53.9. The largest absolute Gasteiger partial charge is 0.398 e. The molecule has 2 rings (SSSR count). The minimum absolute atomic E-state index is 0.185. The van der Waals surface area contributed by atoms with Crippen LogP contribution in [0.25, 0.3) is 5.69 Å². The van der Waals surface area contributed by atoms with Crippen molar-refractivity contribution in [2.45, 2.75) is 37.9 Å². The molecule has 10 heteroatoms. The molecule has 0 spiro atoms. The minimum atomic E-state index is -4.34. The van der Waals surface area contributed by atoms with Gasteiger partial charge in [0.15, 0.2) is 0 Å². The number of benzene rings is 1. The van der Waals surface area contributed by atoms with E-state index in [1.165, 1.54) is 17.6 Å². The SMILES string of the molecule is Cc1cc(F)c(-n2nc(Br)n(C(C)C)c2=O)cc1SCC(F)(F)F. The monoisotopic (exact) mass is 427 g/mol. The first kappa shape index (κ1) is 19.0. The van der Waals surface area contributed by atoms with E-state index in [4.69, 9.17) is 0 Å². The molecule has 0 unspecified atom stereocenters. The average molecular weight is 428 g/mol. The number of alkyl halides is 3. The molecule has 0 N–H and O–H groups in total. The topological polar surface area (TPSA) is 39.8 Å². The van der Waals surface area contributed by atoms with Crippen LogP contribution in [0.15, 0.2) is 26.6 Å². The lowest BCUT2D eigenvalue weighted by atomic mass is 10.2. The zero-order valence-corrected chi connectivity index (χ0v) is 15.4. The molecular weight excluding hydrogens is 414 g/mol. The van der Waals surface area contributed by atoms with Crippen LogP contribution in [0.2, 0.25) is 0 Å². The van der Waals surface area contributed by atoms with Gasteiger partial charge in [-0.3, -0.25) is 4.57 Å². The van der Waals surface area contributed by atoms with Crippen molar-refractivity contribution in [1.29, 1.82) is 0 Å². The lowest BCUT2D eigenvalue weighted by Gasteiger charge is -2.11. The van der Waals surface area contributed by atoms with Gasteiger partial charge in [-0.05, 0) is 54.4 Å². The van der Waals surface area contributed by atoms with Crippen LogP contribution in [0.1, 0.15) is 25.5 Å². The molecule has 0 aliphatic carbocycles. The van der Waals surface area contributed by atoms with E-state index in [9.17, 15) is 22.4 Å². The van der Waals surface area contributed by atoms with Crippen LogP contribution in [-0.4, -0.2) is 26.3 Å². The second-order valence-corrected chi connectivity index (χ2v) is 7.13. The number of halogens is 5. The van der Waals surface area contributed by atoms with Crippen molar-refractivity contribution >= 4 is 27.7 Å². The molecule has 0 atom stereocenters. The van der Waals surface area contributed by atoms with E-state index in [0.29, 0.717) is 17.3 Å². The van der Waals surface area contributed by atoms with Crippen molar-refractivity contribution in [2.24, 2.45) is 0 Å². The predicted octanol–water partition coefficient (Wildman–Crippen LogP) is 4.48. The molecule has 2 aromatic rings. The molecule has 0 saturated heterocycles. The van der Waals surface area contributed by atoms with Crippen molar-refractivity contribution in [3.05, 3.63) is 38.7 Å². The molecule has 24 heavy (non-hydrogen) atoms. The molecule has 0 aliphatic rings. The molecule has 1 heterocycles. The number of aryl methyl sites for hydroxylation is 1. The fourth-order valence-electron chi connectivity index (χ4n) is 2.06. The highest BCUT2D eigenvalue weighted by Gasteiger charge is 2.28. The van der Waals surface area contributed by atoms with Crippen molar-refractivity contribution in [3.63, 3.8) is 0 Å². The highest BCUT2D eigenvalue weighted by molar-refractivity contribution is 9.10. The maximum Gasteiger partial charge on any atom is 0.398 e. The molecule has 1 aromatic carbocycles. The normalized spacial score (nSPS) is 12.2. The molecule has 0 amide bonds. The van der Waals surface area contributed by atoms with Gasteiger partial charge < -0.3 is 0 Å². The summed E-state index contributed by atoms with van der Waals surface area (Å²) in [6, 6.07) is 2.10. The van der Waals surface area contributed by atoms with E-state index >= 15 is 0 Å². The lowest BCUT2D eigenvalue weighted by molar-refractivity contribution is -0.105. The summed E-state index contributed by atoms with van der Waals surface area (Å²) in [5.74, 6) is -1.83. The second-order valence-electron chi connectivity index (χ2n) is 5.40. The fourth-order valence-corrected chi connectivity index (χ4v) is 3.59. The van der Waals surface area contributed by atoms with Gasteiger partial charge in [-0.1, -0.05) is 0 Å². The van der Waals surface area contributed by atoms with Gasteiger partial charge in [0.2, 0.25) is 4.73 Å². The van der Waals surface area contributed by atoms with E-state index in [1.807, 2.05) is 0 Å². The predicted molar refractivity (Wildman–Crippen MR) is 87.4 cm³/mol. The third kappa shape index (κ3) is 4.02. The molecule has 132 valence electrons. The van der Waals surface area contributed by atoms with Gasteiger partial charge in [0.1, 0.15) is 11.5 Å². The Morgan fingerprint density at radius 1 is 1.33 bits per heavy atom. The summed E-state index contributed by atoms with van der Waals surface area (Å²) in [6.07, 6.45) is -4.34. The third-order valence-corrected chi connectivity index (χ3v) is 4.91. The third-order valence-electron chi connectivity index (χ3n) is 3.15. The molecule has 0 fully saturated rings. The highest BCUT2D eigenvalue weighted by atomic mass is 79.9. The molecule has 0 saturated carbocycles. The molecule has 4 nitrogen and oxygen atoms in total. The van der Waals surface area contributed by atoms with Crippen molar-refractivity contribution in [1.82, 2.24) is 14.3 Å². The Kier molecular flexibility index (Phi) is 5.48. The van der Waals surface area contributed by atoms with Crippen LogP contribution in [0.5, 0.6) is 0 Å². The van der Waals surface area contributed by atoms with E-state index in [2.05, 4.69) is 21.0 Å². The van der Waals surface area contributed by atoms with Crippen LogP contribution in [0.3, 0.4) is 0 Å². The fraction of sp³-hybridized carbons (Fsp3) is 0.429. The van der Waals surface area contributed by atoms with Crippen molar-refractivity contribution < 1.29 is 17.6 Å². The maximum absolute atomic E-state index is 14.3. The van der Waals surface area contributed by atoms with Gasteiger partial charge in [-0.25, -0.2) is 9.18 Å². The van der Waals surface area contributed by atoms with Gasteiger partial charge in [0.25, 0.3) is 0 Å². The molecule has 0 radical (unpaired) electrons. The number of nitrogens with zero attached hydrogens (tertiary/aromatic N) is 3. The van der Waals surface area contributed by atoms with E-state index in [0.717, 1.165) is 10.7 Å². The summed E-state index contributed by atoms with van der Waals surface area (Å²) in [5, 5.41) is 3.95. The van der Waals surface area contributed by atoms with Crippen LogP contribution >= 0.6 is 27.7 Å². The van der Waals surface area contributed by atoms with E-state index in [-0.39, 0.29) is 21.4 Å². The number of hydrogen-bond donors (Lipinski definition) is 0. The summed E-state index contributed by atoms with van der Waals surface area (Å²) in [4.78, 5) is 12.6. The Hall–Kier alpha value is -1.29. The second kappa shape index (κ2) is 6.91. The Morgan fingerprint density at radius 2 is 1.96 bits per heavy atom. The minimum Gasteiger partial charge on any atom is -0.267 e. The van der Waals surface area contributed by atoms with Gasteiger partial charge in [-0.2, -0.15) is 17.9 Å². The van der Waals surface area contributed by atoms with Gasteiger partial charge in [-0.15, -0.1) is 16.9 Å². The van der Waals surface area contributed by atoms with Crippen molar-refractivity contribution in [2.75, 3.05) is 5.75 Å². The smallest absolute Gasteiger partial charge is 0.267 e.